The van der Waals surface area contributed by atoms with Gasteiger partial charge in [0, 0.05) is 4.75 Å². The zero-order chi connectivity index (χ0) is 9.03. The molecule has 5 heteroatoms. The Morgan fingerprint density at radius 3 is 2.75 bits per heavy atom. The van der Waals surface area contributed by atoms with E-state index in [0.29, 0.717) is 6.67 Å². The van der Waals surface area contributed by atoms with Gasteiger partial charge in [0.25, 0.3) is 0 Å². The second-order valence-electron chi connectivity index (χ2n) is 3.48. The molecule has 4 nitrogen and oxygen atoms in total. The van der Waals surface area contributed by atoms with Crippen molar-refractivity contribution >= 4 is 24.6 Å². The average Bonchev–Trinajstić information content (AvgIpc) is 2.02. The molecule has 0 fully saturated rings. The first-order chi connectivity index (χ1) is 5.58. The van der Waals surface area contributed by atoms with Gasteiger partial charge in [0.15, 0.2) is 0 Å². The van der Waals surface area contributed by atoms with Crippen molar-refractivity contribution in [2.75, 3.05) is 6.67 Å². The molecule has 0 spiro atoms. The van der Waals surface area contributed by atoms with Gasteiger partial charge in [-0.25, -0.2) is 4.99 Å². The maximum absolute atomic E-state index is 3.99. The van der Waals surface area contributed by atoms with Gasteiger partial charge in [0.05, 0.1) is 0 Å². The summed E-state index contributed by atoms with van der Waals surface area (Å²) in [5.74, 6) is 0. The molecule has 0 bridgehead atoms. The Balaban J connectivity index is 2.24. The standard InChI is InChI=1S/C7H14N4S/c1-7(2,3)12-10-11-5-8-4-9-6-11/h4-5,10H,6H2,1-3H3. The van der Waals surface area contributed by atoms with Crippen LogP contribution < -0.4 is 4.83 Å². The van der Waals surface area contributed by atoms with Gasteiger partial charge in [-0.15, -0.1) is 0 Å². The second-order valence-corrected chi connectivity index (χ2v) is 5.09. The number of hydrogen-bond acceptors (Lipinski definition) is 5. The largest absolute Gasteiger partial charge is 0.267 e. The van der Waals surface area contributed by atoms with Gasteiger partial charge in [0.2, 0.25) is 0 Å². The molecule has 1 heterocycles. The van der Waals surface area contributed by atoms with Gasteiger partial charge in [-0.2, -0.15) is 4.83 Å². The number of hydrazine groups is 1. The molecule has 0 aliphatic carbocycles. The maximum atomic E-state index is 3.99. The minimum Gasteiger partial charge on any atom is -0.267 e. The van der Waals surface area contributed by atoms with Crippen molar-refractivity contribution in [1.29, 1.82) is 0 Å². The summed E-state index contributed by atoms with van der Waals surface area (Å²) in [7, 11) is 0. The van der Waals surface area contributed by atoms with E-state index in [1.165, 1.54) is 0 Å². The maximum Gasteiger partial charge on any atom is 0.128 e. The van der Waals surface area contributed by atoms with E-state index in [1.54, 1.807) is 24.6 Å². The molecule has 0 aromatic carbocycles. The lowest BCUT2D eigenvalue weighted by Crippen LogP contribution is -2.36. The Bertz CT molecular complexity index is 194. The third kappa shape index (κ3) is 3.73. The fourth-order valence-corrected chi connectivity index (χ4v) is 1.06. The van der Waals surface area contributed by atoms with Crippen LogP contribution in [0.15, 0.2) is 9.98 Å². The highest BCUT2D eigenvalue weighted by atomic mass is 32.2. The van der Waals surface area contributed by atoms with Crippen molar-refractivity contribution in [3.63, 3.8) is 0 Å². The molecule has 0 aromatic heterocycles. The van der Waals surface area contributed by atoms with Gasteiger partial charge < -0.3 is 0 Å². The summed E-state index contributed by atoms with van der Waals surface area (Å²) < 4.78 is 0.203. The monoisotopic (exact) mass is 186 g/mol. The summed E-state index contributed by atoms with van der Waals surface area (Å²) in [6.07, 6.45) is 3.28. The van der Waals surface area contributed by atoms with Crippen molar-refractivity contribution in [2.45, 2.75) is 25.5 Å². The third-order valence-corrected chi connectivity index (χ3v) is 2.00. The van der Waals surface area contributed by atoms with Gasteiger partial charge in [-0.3, -0.25) is 10.0 Å². The lowest BCUT2D eigenvalue weighted by molar-refractivity contribution is 0.417. The van der Waals surface area contributed by atoms with Crippen LogP contribution in [0.25, 0.3) is 0 Å². The lowest BCUT2D eigenvalue weighted by atomic mass is 10.3. The first-order valence-electron chi connectivity index (χ1n) is 3.80. The topological polar surface area (TPSA) is 40.0 Å². The summed E-state index contributed by atoms with van der Waals surface area (Å²) in [6, 6.07) is 0. The Hall–Kier alpha value is -0.550. The van der Waals surface area contributed by atoms with Crippen LogP contribution in [0.4, 0.5) is 0 Å². The summed E-state index contributed by atoms with van der Waals surface area (Å²) in [4.78, 5) is 11.0. The number of hydrogen-bond donors (Lipinski definition) is 1. The van der Waals surface area contributed by atoms with E-state index < -0.39 is 0 Å². The van der Waals surface area contributed by atoms with E-state index in [2.05, 4.69) is 35.6 Å². The molecule has 68 valence electrons. The fourth-order valence-electron chi connectivity index (χ4n) is 0.566. The molecule has 12 heavy (non-hydrogen) atoms. The van der Waals surface area contributed by atoms with Crippen LogP contribution in [0.5, 0.6) is 0 Å². The van der Waals surface area contributed by atoms with Gasteiger partial charge in [-0.1, -0.05) is 11.9 Å². The first-order valence-corrected chi connectivity index (χ1v) is 4.61. The van der Waals surface area contributed by atoms with E-state index in [9.17, 15) is 0 Å². The fraction of sp³-hybridized carbons (Fsp3) is 0.714. The van der Waals surface area contributed by atoms with Crippen molar-refractivity contribution in [2.24, 2.45) is 9.98 Å². The van der Waals surface area contributed by atoms with E-state index in [4.69, 9.17) is 0 Å². The van der Waals surface area contributed by atoms with E-state index >= 15 is 0 Å². The molecule has 1 rings (SSSR count). The predicted molar refractivity (Wildman–Crippen MR) is 54.2 cm³/mol. The smallest absolute Gasteiger partial charge is 0.128 e. The second kappa shape index (κ2) is 3.91. The van der Waals surface area contributed by atoms with Crippen molar-refractivity contribution in [3.8, 4) is 0 Å². The zero-order valence-electron chi connectivity index (χ0n) is 7.61. The summed E-state index contributed by atoms with van der Waals surface area (Å²) in [5.41, 5.74) is 0. The SMILES string of the molecule is CC(C)(C)SNN1C=NC=NC1. The molecular formula is C7H14N4S. The Labute approximate surface area is 77.3 Å². The quantitative estimate of drug-likeness (QED) is 0.660. The summed E-state index contributed by atoms with van der Waals surface area (Å²) in [5, 5.41) is 1.84. The van der Waals surface area contributed by atoms with Gasteiger partial charge in [0.1, 0.15) is 19.3 Å². The number of nitrogens with one attached hydrogen (secondary N) is 1. The van der Waals surface area contributed by atoms with E-state index in [0.717, 1.165) is 0 Å². The molecule has 0 aromatic rings. The Kier molecular flexibility index (Phi) is 3.11. The Morgan fingerprint density at radius 2 is 2.25 bits per heavy atom. The highest BCUT2D eigenvalue weighted by Crippen LogP contribution is 2.19. The minimum atomic E-state index is 0.203. The van der Waals surface area contributed by atoms with Crippen LogP contribution in [0.3, 0.4) is 0 Å². The van der Waals surface area contributed by atoms with Gasteiger partial charge >= 0.3 is 0 Å². The van der Waals surface area contributed by atoms with Gasteiger partial charge in [-0.05, 0) is 20.8 Å². The molecule has 0 saturated heterocycles. The molecule has 0 unspecified atom stereocenters. The van der Waals surface area contributed by atoms with Crippen LogP contribution in [0.1, 0.15) is 20.8 Å². The van der Waals surface area contributed by atoms with Crippen molar-refractivity contribution in [1.82, 2.24) is 9.84 Å². The van der Waals surface area contributed by atoms with Crippen molar-refractivity contribution < 1.29 is 0 Å². The number of aliphatic imine (C=N–C) groups is 2. The number of rotatable bonds is 2. The van der Waals surface area contributed by atoms with Crippen LogP contribution in [0.2, 0.25) is 0 Å². The molecular weight excluding hydrogens is 172 g/mol. The van der Waals surface area contributed by atoms with Crippen LogP contribution in [0, 0.1) is 0 Å². The predicted octanol–water partition coefficient (Wildman–Crippen LogP) is 1.27. The average molecular weight is 186 g/mol. The van der Waals surface area contributed by atoms with Crippen LogP contribution >= 0.6 is 11.9 Å². The molecule has 0 radical (unpaired) electrons. The molecule has 0 saturated carbocycles. The lowest BCUT2D eigenvalue weighted by Gasteiger charge is -2.24. The number of nitrogens with zero attached hydrogens (tertiary/aromatic N) is 3. The molecule has 1 aliphatic heterocycles. The molecule has 1 N–H and O–H groups in total. The Morgan fingerprint density at radius 1 is 1.50 bits per heavy atom. The first kappa shape index (κ1) is 9.54. The molecule has 0 atom stereocenters. The highest BCUT2D eigenvalue weighted by molar-refractivity contribution is 7.98. The highest BCUT2D eigenvalue weighted by Gasteiger charge is 2.12. The van der Waals surface area contributed by atoms with Crippen LogP contribution in [-0.4, -0.2) is 29.1 Å². The normalized spacial score (nSPS) is 17.1. The summed E-state index contributed by atoms with van der Waals surface area (Å²) in [6.45, 7) is 7.08. The summed E-state index contributed by atoms with van der Waals surface area (Å²) >= 11 is 1.65. The van der Waals surface area contributed by atoms with E-state index in [1.807, 2.05) is 5.01 Å². The molecule has 1 aliphatic rings. The minimum absolute atomic E-state index is 0.203. The van der Waals surface area contributed by atoms with Crippen LogP contribution in [-0.2, 0) is 0 Å². The van der Waals surface area contributed by atoms with Crippen molar-refractivity contribution in [3.05, 3.63) is 0 Å². The zero-order valence-corrected chi connectivity index (χ0v) is 8.43. The van der Waals surface area contributed by atoms with E-state index in [-0.39, 0.29) is 4.75 Å². The third-order valence-electron chi connectivity index (χ3n) is 1.06. The molecule has 0 amide bonds.